The highest BCUT2D eigenvalue weighted by Gasteiger charge is 2.17. The summed E-state index contributed by atoms with van der Waals surface area (Å²) in [5.41, 5.74) is 2.96. The second-order valence-corrected chi connectivity index (χ2v) is 7.45. The van der Waals surface area contributed by atoms with Crippen LogP contribution in [0.25, 0.3) is 5.65 Å². The highest BCUT2D eigenvalue weighted by Crippen LogP contribution is 2.13. The lowest BCUT2D eigenvalue weighted by molar-refractivity contribution is 0.0947. The molecule has 0 aliphatic carbocycles. The van der Waals surface area contributed by atoms with E-state index in [0.29, 0.717) is 25.1 Å². The zero-order valence-electron chi connectivity index (χ0n) is 14.3. The van der Waals surface area contributed by atoms with E-state index in [4.69, 9.17) is 5.14 Å². The summed E-state index contributed by atoms with van der Waals surface area (Å²) in [7, 11) is -3.69. The molecule has 2 aromatic heterocycles. The predicted molar refractivity (Wildman–Crippen MR) is 98.4 cm³/mol. The Morgan fingerprint density at radius 3 is 2.58 bits per heavy atom. The summed E-state index contributed by atoms with van der Waals surface area (Å²) in [6, 6.07) is 11.9. The van der Waals surface area contributed by atoms with Gasteiger partial charge in [0.1, 0.15) is 11.3 Å². The second-order valence-electron chi connectivity index (χ2n) is 5.88. The van der Waals surface area contributed by atoms with Crippen LogP contribution in [0.3, 0.4) is 0 Å². The quantitative estimate of drug-likeness (QED) is 0.684. The molecule has 3 rings (SSSR count). The third kappa shape index (κ3) is 3.76. The van der Waals surface area contributed by atoms with Gasteiger partial charge in [0, 0.05) is 12.7 Å². The van der Waals surface area contributed by atoms with Crippen LogP contribution in [0.2, 0.25) is 0 Å². The van der Waals surface area contributed by atoms with E-state index in [1.165, 1.54) is 12.1 Å². The van der Waals surface area contributed by atoms with Crippen molar-refractivity contribution in [1.82, 2.24) is 14.7 Å². The zero-order chi connectivity index (χ0) is 18.7. The molecule has 0 bridgehead atoms. The lowest BCUT2D eigenvalue weighted by Gasteiger charge is -2.07. The summed E-state index contributed by atoms with van der Waals surface area (Å²) in [6.45, 7) is 2.39. The first-order valence-electron chi connectivity index (χ1n) is 8.26. The number of carbonyl (C=O) groups is 1. The summed E-state index contributed by atoms with van der Waals surface area (Å²) >= 11 is 0. The first-order valence-corrected chi connectivity index (χ1v) is 9.80. The zero-order valence-corrected chi connectivity index (χ0v) is 15.2. The van der Waals surface area contributed by atoms with E-state index < -0.39 is 10.0 Å². The molecule has 7 nitrogen and oxygen atoms in total. The molecule has 0 spiro atoms. The standard InChI is InChI=1S/C18H20N4O3S/c1-2-15-17(22-12-4-3-5-16(22)21-15)18(23)20-11-10-13-6-8-14(9-7-13)26(19,24)25/h3-9,12H,2,10-11H2,1H3,(H,20,23)(H2,19,24,25). The van der Waals surface area contributed by atoms with Gasteiger partial charge in [0.05, 0.1) is 10.6 Å². The van der Waals surface area contributed by atoms with Gasteiger partial charge in [-0.2, -0.15) is 0 Å². The number of hydrogen-bond donors (Lipinski definition) is 2. The predicted octanol–water partition coefficient (Wildman–Crippen LogP) is 1.52. The molecule has 3 aromatic rings. The normalized spacial score (nSPS) is 11.6. The smallest absolute Gasteiger partial charge is 0.270 e. The van der Waals surface area contributed by atoms with Crippen LogP contribution in [0.1, 0.15) is 28.7 Å². The van der Waals surface area contributed by atoms with Crippen molar-refractivity contribution >= 4 is 21.6 Å². The number of hydrogen-bond acceptors (Lipinski definition) is 4. The van der Waals surface area contributed by atoms with Gasteiger partial charge >= 0.3 is 0 Å². The van der Waals surface area contributed by atoms with Crippen LogP contribution in [0.4, 0.5) is 0 Å². The van der Waals surface area contributed by atoms with Gasteiger partial charge in [-0.3, -0.25) is 9.20 Å². The van der Waals surface area contributed by atoms with Gasteiger partial charge in [0.25, 0.3) is 5.91 Å². The first kappa shape index (κ1) is 18.1. The van der Waals surface area contributed by atoms with Crippen molar-refractivity contribution in [2.45, 2.75) is 24.7 Å². The number of aryl methyl sites for hydroxylation is 1. The fraction of sp³-hybridized carbons (Fsp3) is 0.222. The Hall–Kier alpha value is -2.71. The number of sulfonamides is 1. The van der Waals surface area contributed by atoms with Crippen LogP contribution in [0, 0.1) is 0 Å². The Morgan fingerprint density at radius 2 is 1.92 bits per heavy atom. The average Bonchev–Trinajstić information content (AvgIpc) is 3.00. The molecule has 136 valence electrons. The minimum Gasteiger partial charge on any atom is -0.350 e. The Balaban J connectivity index is 1.68. The van der Waals surface area contributed by atoms with Crippen LogP contribution < -0.4 is 10.5 Å². The number of nitrogens with zero attached hydrogens (tertiary/aromatic N) is 2. The number of imidazole rings is 1. The maximum absolute atomic E-state index is 12.6. The van der Waals surface area contributed by atoms with E-state index in [2.05, 4.69) is 10.3 Å². The molecule has 8 heteroatoms. The van der Waals surface area contributed by atoms with E-state index in [1.54, 1.807) is 16.5 Å². The molecule has 1 aromatic carbocycles. The SMILES string of the molecule is CCc1nc2ccccn2c1C(=O)NCCc1ccc(S(N)(=O)=O)cc1. The molecule has 0 atom stereocenters. The van der Waals surface area contributed by atoms with Gasteiger partial charge in [-0.25, -0.2) is 18.5 Å². The molecule has 0 saturated carbocycles. The second kappa shape index (κ2) is 7.27. The molecule has 0 aliphatic heterocycles. The highest BCUT2D eigenvalue weighted by atomic mass is 32.2. The molecule has 0 saturated heterocycles. The van der Waals surface area contributed by atoms with E-state index in [9.17, 15) is 13.2 Å². The molecule has 0 fully saturated rings. The first-order chi connectivity index (χ1) is 12.4. The number of rotatable bonds is 6. The van der Waals surface area contributed by atoms with E-state index in [-0.39, 0.29) is 10.8 Å². The van der Waals surface area contributed by atoms with Gasteiger partial charge in [0.15, 0.2) is 0 Å². The van der Waals surface area contributed by atoms with Crippen LogP contribution in [0.5, 0.6) is 0 Å². The van der Waals surface area contributed by atoms with Crippen molar-refractivity contribution in [1.29, 1.82) is 0 Å². The molecule has 0 aliphatic rings. The minimum absolute atomic E-state index is 0.0728. The Kier molecular flexibility index (Phi) is 5.06. The van der Waals surface area contributed by atoms with Crippen molar-refractivity contribution in [3.63, 3.8) is 0 Å². The number of nitrogens with one attached hydrogen (secondary N) is 1. The van der Waals surface area contributed by atoms with E-state index in [0.717, 1.165) is 16.9 Å². The van der Waals surface area contributed by atoms with Crippen molar-refractivity contribution in [2.24, 2.45) is 5.14 Å². The van der Waals surface area contributed by atoms with E-state index >= 15 is 0 Å². The largest absolute Gasteiger partial charge is 0.350 e. The van der Waals surface area contributed by atoms with Crippen LogP contribution in [0.15, 0.2) is 53.6 Å². The third-order valence-electron chi connectivity index (χ3n) is 4.10. The summed E-state index contributed by atoms with van der Waals surface area (Å²) < 4.78 is 24.3. The van der Waals surface area contributed by atoms with Gasteiger partial charge < -0.3 is 5.32 Å². The number of pyridine rings is 1. The number of amides is 1. The van der Waals surface area contributed by atoms with Crippen molar-refractivity contribution in [3.8, 4) is 0 Å². The van der Waals surface area contributed by atoms with Crippen molar-refractivity contribution < 1.29 is 13.2 Å². The number of carbonyl (C=O) groups excluding carboxylic acids is 1. The van der Waals surface area contributed by atoms with Gasteiger partial charge in [-0.15, -0.1) is 0 Å². The van der Waals surface area contributed by atoms with Crippen LogP contribution >= 0.6 is 0 Å². The molecular formula is C18H20N4O3S. The maximum Gasteiger partial charge on any atom is 0.270 e. The van der Waals surface area contributed by atoms with Gasteiger partial charge in [0.2, 0.25) is 10.0 Å². The lowest BCUT2D eigenvalue weighted by Crippen LogP contribution is -2.27. The topological polar surface area (TPSA) is 107 Å². The monoisotopic (exact) mass is 372 g/mol. The van der Waals surface area contributed by atoms with Gasteiger partial charge in [-0.1, -0.05) is 25.1 Å². The Labute approximate surface area is 151 Å². The van der Waals surface area contributed by atoms with Crippen molar-refractivity contribution in [3.05, 3.63) is 65.6 Å². The maximum atomic E-state index is 12.6. The Morgan fingerprint density at radius 1 is 1.19 bits per heavy atom. The number of aromatic nitrogens is 2. The molecule has 2 heterocycles. The lowest BCUT2D eigenvalue weighted by atomic mass is 10.1. The fourth-order valence-corrected chi connectivity index (χ4v) is 3.30. The fourth-order valence-electron chi connectivity index (χ4n) is 2.78. The summed E-state index contributed by atoms with van der Waals surface area (Å²) in [6.07, 6.45) is 3.07. The molecule has 3 N–H and O–H groups in total. The third-order valence-corrected chi connectivity index (χ3v) is 5.03. The Bertz CT molecular complexity index is 1040. The number of fused-ring (bicyclic) bond motifs is 1. The molecule has 0 radical (unpaired) electrons. The molecular weight excluding hydrogens is 352 g/mol. The average molecular weight is 372 g/mol. The molecule has 0 unspecified atom stereocenters. The van der Waals surface area contributed by atoms with Crippen LogP contribution in [-0.4, -0.2) is 30.3 Å². The number of primary sulfonamides is 1. The summed E-state index contributed by atoms with van der Waals surface area (Å²) in [5.74, 6) is -0.179. The van der Waals surface area contributed by atoms with Crippen LogP contribution in [-0.2, 0) is 22.9 Å². The minimum atomic E-state index is -3.69. The summed E-state index contributed by atoms with van der Waals surface area (Å²) in [4.78, 5) is 17.2. The summed E-state index contributed by atoms with van der Waals surface area (Å²) in [5, 5.41) is 7.98. The van der Waals surface area contributed by atoms with E-state index in [1.807, 2.05) is 31.3 Å². The number of nitrogens with two attached hydrogens (primary N) is 1. The molecule has 1 amide bonds. The number of benzene rings is 1. The van der Waals surface area contributed by atoms with Gasteiger partial charge in [-0.05, 0) is 42.7 Å². The van der Waals surface area contributed by atoms with Crippen molar-refractivity contribution in [2.75, 3.05) is 6.54 Å². The molecule has 26 heavy (non-hydrogen) atoms. The highest BCUT2D eigenvalue weighted by molar-refractivity contribution is 7.89.